The summed E-state index contributed by atoms with van der Waals surface area (Å²) in [7, 11) is 0. The molecule has 0 spiro atoms. The number of rotatable bonds is 3. The molecule has 0 fully saturated rings. The average molecular weight is 372 g/mol. The summed E-state index contributed by atoms with van der Waals surface area (Å²) in [4.78, 5) is 20.1. The molecule has 1 unspecified atom stereocenters. The van der Waals surface area contributed by atoms with Gasteiger partial charge >= 0.3 is 0 Å². The number of carbonyl (C=O) groups excluding carboxylic acids is 1. The summed E-state index contributed by atoms with van der Waals surface area (Å²) in [5.41, 5.74) is 4.62. The van der Waals surface area contributed by atoms with Crippen molar-refractivity contribution in [3.63, 3.8) is 0 Å². The van der Waals surface area contributed by atoms with Crippen molar-refractivity contribution < 1.29 is 4.79 Å². The van der Waals surface area contributed by atoms with Crippen LogP contribution in [0.3, 0.4) is 0 Å². The van der Waals surface area contributed by atoms with E-state index in [-0.39, 0.29) is 11.9 Å². The molecule has 0 aliphatic carbocycles. The number of amides is 1. The van der Waals surface area contributed by atoms with Crippen LogP contribution in [0.1, 0.15) is 27.6 Å². The van der Waals surface area contributed by atoms with Crippen LogP contribution < -0.4 is 0 Å². The minimum Gasteiger partial charge on any atom is -0.361 e. The molecule has 134 valence electrons. The number of hydrogen-bond acceptors (Lipinski definition) is 2. The third kappa shape index (κ3) is 2.86. The first kappa shape index (κ1) is 16.3. The van der Waals surface area contributed by atoms with Crippen LogP contribution in [0.2, 0.25) is 0 Å². The maximum Gasteiger partial charge on any atom is 0.227 e. The quantitative estimate of drug-likeness (QED) is 0.543. The summed E-state index contributed by atoms with van der Waals surface area (Å²) in [5, 5.41) is 3.28. The van der Waals surface area contributed by atoms with Crippen LogP contribution in [-0.2, 0) is 17.6 Å². The Bertz CT molecular complexity index is 1100. The molecule has 0 saturated carbocycles. The first-order chi connectivity index (χ1) is 13.3. The normalized spacial score (nSPS) is 16.4. The maximum absolute atomic E-state index is 13.3. The van der Waals surface area contributed by atoms with Crippen molar-refractivity contribution in [2.75, 3.05) is 6.54 Å². The third-order valence-electron chi connectivity index (χ3n) is 5.42. The SMILES string of the molecule is O=C(Cc1c[nH]c2ccccc12)N1CCc2sccc2C1c1ccccc1. The molecule has 0 bridgehead atoms. The Balaban J connectivity index is 1.50. The smallest absolute Gasteiger partial charge is 0.227 e. The summed E-state index contributed by atoms with van der Waals surface area (Å²) >= 11 is 1.80. The van der Waals surface area contributed by atoms with E-state index in [0.717, 1.165) is 29.4 Å². The highest BCUT2D eigenvalue weighted by Crippen LogP contribution is 2.38. The number of hydrogen-bond donors (Lipinski definition) is 1. The van der Waals surface area contributed by atoms with Crippen molar-refractivity contribution >= 4 is 28.1 Å². The van der Waals surface area contributed by atoms with E-state index in [1.165, 1.54) is 16.0 Å². The van der Waals surface area contributed by atoms with Gasteiger partial charge in [-0.1, -0.05) is 48.5 Å². The molecule has 27 heavy (non-hydrogen) atoms. The van der Waals surface area contributed by atoms with E-state index in [4.69, 9.17) is 0 Å². The molecule has 1 atom stereocenters. The lowest BCUT2D eigenvalue weighted by Gasteiger charge is -2.36. The number of para-hydroxylation sites is 1. The predicted octanol–water partition coefficient (Wildman–Crippen LogP) is 4.95. The lowest BCUT2D eigenvalue weighted by atomic mass is 9.92. The van der Waals surface area contributed by atoms with E-state index in [0.29, 0.717) is 6.42 Å². The highest BCUT2D eigenvalue weighted by atomic mass is 32.1. The Morgan fingerprint density at radius 2 is 1.89 bits per heavy atom. The first-order valence-corrected chi connectivity index (χ1v) is 10.1. The van der Waals surface area contributed by atoms with Gasteiger partial charge in [0.25, 0.3) is 0 Å². The van der Waals surface area contributed by atoms with Gasteiger partial charge in [-0.25, -0.2) is 0 Å². The summed E-state index contributed by atoms with van der Waals surface area (Å²) < 4.78 is 0. The molecule has 1 aliphatic heterocycles. The van der Waals surface area contributed by atoms with Gasteiger partial charge in [-0.15, -0.1) is 11.3 Å². The van der Waals surface area contributed by atoms with E-state index < -0.39 is 0 Å². The Labute approximate surface area is 162 Å². The lowest BCUT2D eigenvalue weighted by Crippen LogP contribution is -2.40. The van der Waals surface area contributed by atoms with Gasteiger partial charge in [0.2, 0.25) is 5.91 Å². The van der Waals surface area contributed by atoms with Gasteiger partial charge in [0.15, 0.2) is 0 Å². The third-order valence-corrected chi connectivity index (χ3v) is 6.41. The number of aromatic amines is 1. The Morgan fingerprint density at radius 3 is 2.78 bits per heavy atom. The van der Waals surface area contributed by atoms with Gasteiger partial charge in [0.05, 0.1) is 12.5 Å². The molecule has 1 aliphatic rings. The summed E-state index contributed by atoms with van der Waals surface area (Å²) in [6, 6.07) is 20.8. The fourth-order valence-electron chi connectivity index (χ4n) is 4.12. The summed E-state index contributed by atoms with van der Waals surface area (Å²) in [6.45, 7) is 0.772. The Kier molecular flexibility index (Phi) is 4.06. The number of benzene rings is 2. The van der Waals surface area contributed by atoms with E-state index in [2.05, 4.69) is 57.7 Å². The Morgan fingerprint density at radius 1 is 1.07 bits per heavy atom. The van der Waals surface area contributed by atoms with Crippen LogP contribution in [-0.4, -0.2) is 22.3 Å². The molecule has 0 radical (unpaired) electrons. The topological polar surface area (TPSA) is 36.1 Å². The molecule has 1 amide bonds. The second-order valence-electron chi connectivity index (χ2n) is 6.99. The highest BCUT2D eigenvalue weighted by molar-refractivity contribution is 7.10. The highest BCUT2D eigenvalue weighted by Gasteiger charge is 2.32. The number of nitrogens with one attached hydrogen (secondary N) is 1. The van der Waals surface area contributed by atoms with Crippen molar-refractivity contribution in [3.8, 4) is 0 Å². The number of thiophene rings is 1. The van der Waals surface area contributed by atoms with Crippen molar-refractivity contribution in [3.05, 3.63) is 93.8 Å². The average Bonchev–Trinajstić information content (AvgIpc) is 3.35. The van der Waals surface area contributed by atoms with Crippen LogP contribution >= 0.6 is 11.3 Å². The van der Waals surface area contributed by atoms with Crippen LogP contribution in [0.4, 0.5) is 0 Å². The Hall–Kier alpha value is -2.85. The van der Waals surface area contributed by atoms with Gasteiger partial charge in [-0.2, -0.15) is 0 Å². The van der Waals surface area contributed by atoms with Crippen molar-refractivity contribution in [2.24, 2.45) is 0 Å². The zero-order chi connectivity index (χ0) is 18.2. The predicted molar refractivity (Wildman–Crippen MR) is 110 cm³/mol. The standard InChI is InChI=1S/C23H20N2OS/c26-22(14-17-15-24-20-9-5-4-8-18(17)20)25-12-10-21-19(11-13-27-21)23(25)16-6-2-1-3-7-16/h1-9,11,13,15,23-24H,10,12,14H2. The molecule has 4 aromatic rings. The molecule has 2 aromatic heterocycles. The minimum atomic E-state index is 0.0129. The molecular weight excluding hydrogens is 352 g/mol. The van der Waals surface area contributed by atoms with E-state index in [9.17, 15) is 4.79 Å². The molecule has 2 aromatic carbocycles. The molecule has 1 N–H and O–H groups in total. The van der Waals surface area contributed by atoms with Crippen LogP contribution in [0.5, 0.6) is 0 Å². The van der Waals surface area contributed by atoms with Gasteiger partial charge in [0, 0.05) is 28.5 Å². The number of carbonyl (C=O) groups is 1. The minimum absolute atomic E-state index is 0.0129. The number of nitrogens with zero attached hydrogens (tertiary/aromatic N) is 1. The number of fused-ring (bicyclic) bond motifs is 2. The number of aromatic nitrogens is 1. The van der Waals surface area contributed by atoms with Gasteiger partial charge in [-0.3, -0.25) is 4.79 Å². The van der Waals surface area contributed by atoms with Gasteiger partial charge in [0.1, 0.15) is 0 Å². The second kappa shape index (κ2) is 6.71. The maximum atomic E-state index is 13.3. The molecule has 3 heterocycles. The fraction of sp³-hybridized carbons (Fsp3) is 0.174. The fourth-order valence-corrected chi connectivity index (χ4v) is 5.03. The van der Waals surface area contributed by atoms with E-state index >= 15 is 0 Å². The zero-order valence-electron chi connectivity index (χ0n) is 14.9. The first-order valence-electron chi connectivity index (χ1n) is 9.27. The van der Waals surface area contributed by atoms with Gasteiger partial charge in [-0.05, 0) is 40.6 Å². The molecule has 3 nitrogen and oxygen atoms in total. The van der Waals surface area contributed by atoms with E-state index in [1.54, 1.807) is 11.3 Å². The monoisotopic (exact) mass is 372 g/mol. The van der Waals surface area contributed by atoms with Crippen molar-refractivity contribution in [1.29, 1.82) is 0 Å². The lowest BCUT2D eigenvalue weighted by molar-refractivity contribution is -0.132. The van der Waals surface area contributed by atoms with Crippen LogP contribution in [0, 0.1) is 0 Å². The van der Waals surface area contributed by atoms with Crippen molar-refractivity contribution in [1.82, 2.24) is 9.88 Å². The number of H-pyrrole nitrogens is 1. The summed E-state index contributed by atoms with van der Waals surface area (Å²) in [5.74, 6) is 0.186. The van der Waals surface area contributed by atoms with Crippen LogP contribution in [0.25, 0.3) is 10.9 Å². The van der Waals surface area contributed by atoms with E-state index in [1.807, 2.05) is 24.4 Å². The summed E-state index contributed by atoms with van der Waals surface area (Å²) in [6.07, 6.45) is 3.34. The van der Waals surface area contributed by atoms with Crippen LogP contribution in [0.15, 0.2) is 72.2 Å². The second-order valence-corrected chi connectivity index (χ2v) is 7.99. The zero-order valence-corrected chi connectivity index (χ0v) is 15.7. The van der Waals surface area contributed by atoms with Crippen molar-refractivity contribution in [2.45, 2.75) is 18.9 Å². The molecule has 4 heteroatoms. The molecule has 0 saturated heterocycles. The van der Waals surface area contributed by atoms with Gasteiger partial charge < -0.3 is 9.88 Å². The largest absolute Gasteiger partial charge is 0.361 e. The molecular formula is C23H20N2OS. The molecule has 5 rings (SSSR count).